The van der Waals surface area contributed by atoms with E-state index in [0.29, 0.717) is 0 Å². The summed E-state index contributed by atoms with van der Waals surface area (Å²) < 4.78 is 2.38. The first kappa shape index (κ1) is 15.6. The number of hydrogen-bond donors (Lipinski definition) is 0. The number of fused-ring (bicyclic) bond motifs is 6. The van der Waals surface area contributed by atoms with Gasteiger partial charge in [0.25, 0.3) is 0 Å². The van der Waals surface area contributed by atoms with E-state index in [0.717, 1.165) is 0 Å². The molecule has 0 bridgehead atoms. The topological polar surface area (TPSA) is 0 Å². The van der Waals surface area contributed by atoms with Crippen LogP contribution in [0.5, 0.6) is 0 Å². The van der Waals surface area contributed by atoms with Crippen molar-refractivity contribution < 1.29 is 0 Å². The van der Waals surface area contributed by atoms with Gasteiger partial charge in [-0.05, 0) is 66.2 Å². The van der Waals surface area contributed by atoms with E-state index in [1.54, 1.807) is 0 Å². The number of hydrogen-bond acceptors (Lipinski definition) is 2. The zero-order chi connectivity index (χ0) is 17.4. The fraction of sp³-hybridized carbons (Fsp3) is 0. The Morgan fingerprint density at radius 3 is 1.31 bits per heavy atom. The van der Waals surface area contributed by atoms with Gasteiger partial charge < -0.3 is 0 Å². The van der Waals surface area contributed by atoms with Gasteiger partial charge in [-0.2, -0.15) is 0 Å². The van der Waals surface area contributed by atoms with Crippen molar-refractivity contribution in [3.63, 3.8) is 0 Å². The lowest BCUT2D eigenvalue weighted by molar-refractivity contribution is 1.63. The smallest absolute Gasteiger partial charge is 0.0711 e. The lowest BCUT2D eigenvalue weighted by Gasteiger charge is -2.09. The molecule has 26 heavy (non-hydrogen) atoms. The van der Waals surface area contributed by atoms with Crippen molar-refractivity contribution in [1.82, 2.24) is 0 Å². The Morgan fingerprint density at radius 2 is 0.885 bits per heavy atom. The molecule has 2 aromatic carbocycles. The van der Waals surface area contributed by atoms with Gasteiger partial charge in [-0.3, -0.25) is 0 Å². The molecular weight excluding hydrogens is 488 g/mol. The minimum absolute atomic E-state index is 1.19. The third-order valence-corrected chi connectivity index (χ3v) is 8.39. The molecule has 6 rings (SSSR count). The number of rotatable bonds is 0. The average Bonchev–Trinajstić information content (AvgIpc) is 3.34. The van der Waals surface area contributed by atoms with Crippen LogP contribution in [0, 0.1) is 0 Å². The van der Waals surface area contributed by atoms with Gasteiger partial charge in [0.05, 0.1) is 7.57 Å². The van der Waals surface area contributed by atoms with Crippen molar-refractivity contribution in [3.05, 3.63) is 89.1 Å². The third-order valence-electron chi connectivity index (χ3n) is 5.08. The predicted octanol–water partition coefficient (Wildman–Crippen LogP) is 8.30. The summed E-state index contributed by atoms with van der Waals surface area (Å²) in [7, 11) is 0. The van der Waals surface area contributed by atoms with Crippen LogP contribution in [0.25, 0.3) is 33.4 Å². The second-order valence-corrected chi connectivity index (χ2v) is 11.3. The molecule has 2 heterocycles. The maximum Gasteiger partial charge on any atom is 0.0711 e. The van der Waals surface area contributed by atoms with Gasteiger partial charge in [-0.25, -0.2) is 0 Å². The Hall–Kier alpha value is -1.46. The summed E-state index contributed by atoms with van der Waals surface area (Å²) in [5.74, 6) is 0. The van der Waals surface area contributed by atoms with E-state index in [4.69, 9.17) is 0 Å². The Morgan fingerprint density at radius 1 is 0.500 bits per heavy atom. The normalized spacial score (nSPS) is 16.4. The monoisotopic (exact) mass is 496 g/mol. The SMILES string of the molecule is Brc1cc2c(s1)/C(=C1/c3ccccc3-c3cc(Br)sc31)c1ccccc1-2. The summed E-state index contributed by atoms with van der Waals surface area (Å²) in [5, 5.41) is 0. The number of benzene rings is 2. The highest BCUT2D eigenvalue weighted by atomic mass is 79.9. The van der Waals surface area contributed by atoms with Crippen LogP contribution in [0.4, 0.5) is 0 Å². The molecule has 124 valence electrons. The fourth-order valence-electron chi connectivity index (χ4n) is 4.11. The molecule has 2 aromatic heterocycles. The lowest BCUT2D eigenvalue weighted by atomic mass is 9.97. The van der Waals surface area contributed by atoms with Crippen molar-refractivity contribution in [2.75, 3.05) is 0 Å². The molecule has 0 N–H and O–H groups in total. The van der Waals surface area contributed by atoms with Crippen molar-refractivity contribution in [2.24, 2.45) is 0 Å². The van der Waals surface area contributed by atoms with Crippen LogP contribution in [0.2, 0.25) is 0 Å². The van der Waals surface area contributed by atoms with Crippen LogP contribution < -0.4 is 0 Å². The Balaban J connectivity index is 1.81. The number of thiophene rings is 2. The largest absolute Gasteiger partial charge is 0.128 e. The zero-order valence-corrected chi connectivity index (χ0v) is 18.2. The summed E-state index contributed by atoms with van der Waals surface area (Å²) in [6, 6.07) is 22.1. The molecule has 0 saturated carbocycles. The van der Waals surface area contributed by atoms with Crippen LogP contribution in [0.3, 0.4) is 0 Å². The van der Waals surface area contributed by atoms with Gasteiger partial charge in [-0.15, -0.1) is 22.7 Å². The third kappa shape index (κ3) is 1.99. The van der Waals surface area contributed by atoms with E-state index in [9.17, 15) is 0 Å². The van der Waals surface area contributed by atoms with Gasteiger partial charge in [0.2, 0.25) is 0 Å². The van der Waals surface area contributed by atoms with Crippen LogP contribution in [0.15, 0.2) is 68.2 Å². The molecule has 0 atom stereocenters. The molecule has 0 spiro atoms. The van der Waals surface area contributed by atoms with Crippen LogP contribution in [-0.4, -0.2) is 0 Å². The first-order valence-corrected chi connectivity index (χ1v) is 11.5. The zero-order valence-electron chi connectivity index (χ0n) is 13.3. The average molecular weight is 498 g/mol. The molecule has 4 aromatic rings. The standard InChI is InChI=1S/C22H10Br2S2/c23-17-9-15-11-5-1-3-7-13(11)19(21(15)25-17)20-14-8-4-2-6-12(14)16-10-18(24)26-22(16)20/h1-10H/b20-19-. The summed E-state index contributed by atoms with van der Waals surface area (Å²) in [5.41, 5.74) is 10.8. The first-order chi connectivity index (χ1) is 12.7. The maximum absolute atomic E-state index is 3.70. The molecule has 0 saturated heterocycles. The molecule has 4 heteroatoms. The van der Waals surface area contributed by atoms with E-state index in [1.165, 1.54) is 61.9 Å². The molecular formula is C22H10Br2S2. The van der Waals surface area contributed by atoms with Crippen LogP contribution in [-0.2, 0) is 0 Å². The van der Waals surface area contributed by atoms with Crippen molar-refractivity contribution in [2.45, 2.75) is 0 Å². The van der Waals surface area contributed by atoms with Gasteiger partial charge in [-0.1, -0.05) is 48.5 Å². The van der Waals surface area contributed by atoms with Crippen LogP contribution in [0.1, 0.15) is 20.9 Å². The summed E-state index contributed by atoms with van der Waals surface area (Å²) in [4.78, 5) is 2.75. The van der Waals surface area contributed by atoms with E-state index < -0.39 is 0 Å². The molecule has 0 amide bonds. The van der Waals surface area contributed by atoms with Crippen molar-refractivity contribution >= 4 is 65.7 Å². The van der Waals surface area contributed by atoms with Gasteiger partial charge in [0, 0.05) is 32.0 Å². The molecule has 2 aliphatic carbocycles. The Labute approximate surface area is 176 Å². The highest BCUT2D eigenvalue weighted by Gasteiger charge is 2.34. The van der Waals surface area contributed by atoms with Gasteiger partial charge in [0.1, 0.15) is 0 Å². The van der Waals surface area contributed by atoms with Crippen LogP contribution >= 0.6 is 54.5 Å². The van der Waals surface area contributed by atoms with E-state index in [-0.39, 0.29) is 0 Å². The number of halogens is 2. The quantitative estimate of drug-likeness (QED) is 0.198. The van der Waals surface area contributed by atoms with Gasteiger partial charge >= 0.3 is 0 Å². The van der Waals surface area contributed by atoms with E-state index >= 15 is 0 Å². The molecule has 2 aliphatic rings. The van der Waals surface area contributed by atoms with Gasteiger partial charge in [0.15, 0.2) is 0 Å². The first-order valence-electron chi connectivity index (χ1n) is 8.25. The summed E-state index contributed by atoms with van der Waals surface area (Å²) >= 11 is 11.1. The molecule has 0 nitrogen and oxygen atoms in total. The predicted molar refractivity (Wildman–Crippen MR) is 120 cm³/mol. The fourth-order valence-corrected chi connectivity index (χ4v) is 7.46. The highest BCUT2D eigenvalue weighted by molar-refractivity contribution is 9.11. The minimum Gasteiger partial charge on any atom is -0.128 e. The molecule has 0 aliphatic heterocycles. The minimum atomic E-state index is 1.19. The Kier molecular flexibility index (Phi) is 3.31. The summed E-state index contributed by atoms with van der Waals surface area (Å²) in [6.07, 6.45) is 0. The molecule has 0 fully saturated rings. The van der Waals surface area contributed by atoms with E-state index in [1.807, 2.05) is 22.7 Å². The highest BCUT2D eigenvalue weighted by Crippen LogP contribution is 2.58. The molecule has 0 unspecified atom stereocenters. The second kappa shape index (κ2) is 5.52. The summed E-state index contributed by atoms with van der Waals surface area (Å²) in [6.45, 7) is 0. The van der Waals surface area contributed by atoms with Crippen molar-refractivity contribution in [3.8, 4) is 22.3 Å². The second-order valence-electron chi connectivity index (χ2n) is 6.43. The van der Waals surface area contributed by atoms with Crippen molar-refractivity contribution in [1.29, 1.82) is 0 Å². The maximum atomic E-state index is 3.70. The van der Waals surface area contributed by atoms with E-state index in [2.05, 4.69) is 92.5 Å². The molecule has 0 radical (unpaired) electrons. The Bertz CT molecular complexity index is 1160. The lowest BCUT2D eigenvalue weighted by Crippen LogP contribution is -1.88.